The highest BCUT2D eigenvalue weighted by atomic mass is 19.1. The number of carbonyl (C=O) groups excluding carboxylic acids is 1. The van der Waals surface area contributed by atoms with Crippen LogP contribution in [0.2, 0.25) is 0 Å². The lowest BCUT2D eigenvalue weighted by molar-refractivity contribution is 0.101. The highest BCUT2D eigenvalue weighted by Gasteiger charge is 2.12. The molecule has 3 heteroatoms. The molecule has 2 nitrogen and oxygen atoms in total. The Bertz CT molecular complexity index is 620. The molecular weight excluding hydrogens is 255 g/mol. The number of carbonyl (C=O) groups is 1. The van der Waals surface area contributed by atoms with Gasteiger partial charge in [0.1, 0.15) is 11.6 Å². The van der Waals surface area contributed by atoms with E-state index in [4.69, 9.17) is 4.74 Å². The number of ketones is 1. The Balaban J connectivity index is 2.50. The third-order valence-electron chi connectivity index (χ3n) is 3.01. The van der Waals surface area contributed by atoms with E-state index in [0.29, 0.717) is 29.0 Å². The second-order valence-corrected chi connectivity index (χ2v) is 4.60. The van der Waals surface area contributed by atoms with Crippen molar-refractivity contribution in [3.63, 3.8) is 0 Å². The first-order valence-electron chi connectivity index (χ1n) is 6.66. The number of Topliss-reactive ketones (excluding diaryl/α,β-unsaturated/α-hetero) is 1. The topological polar surface area (TPSA) is 26.3 Å². The van der Waals surface area contributed by atoms with Gasteiger partial charge < -0.3 is 4.74 Å². The Labute approximate surface area is 118 Å². The van der Waals surface area contributed by atoms with Crippen LogP contribution in [0, 0.1) is 5.82 Å². The molecule has 0 aliphatic heterocycles. The van der Waals surface area contributed by atoms with Crippen molar-refractivity contribution in [1.82, 2.24) is 0 Å². The van der Waals surface area contributed by atoms with Crippen LogP contribution in [0.25, 0.3) is 11.1 Å². The average molecular weight is 272 g/mol. The molecule has 0 aromatic heterocycles. The largest absolute Gasteiger partial charge is 0.493 e. The molecule has 0 fully saturated rings. The maximum atomic E-state index is 14.1. The number of para-hydroxylation sites is 1. The molecule has 0 radical (unpaired) electrons. The van der Waals surface area contributed by atoms with Crippen molar-refractivity contribution in [2.24, 2.45) is 0 Å². The Hall–Kier alpha value is -2.16. The lowest BCUT2D eigenvalue weighted by atomic mass is 10.00. The summed E-state index contributed by atoms with van der Waals surface area (Å²) < 4.78 is 19.7. The molecule has 2 aromatic rings. The van der Waals surface area contributed by atoms with Gasteiger partial charge in [0.2, 0.25) is 0 Å². The Morgan fingerprint density at radius 3 is 2.60 bits per heavy atom. The predicted molar refractivity (Wildman–Crippen MR) is 77.6 cm³/mol. The van der Waals surface area contributed by atoms with Gasteiger partial charge in [-0.15, -0.1) is 0 Å². The Morgan fingerprint density at radius 2 is 1.90 bits per heavy atom. The van der Waals surface area contributed by atoms with Crippen molar-refractivity contribution in [2.75, 3.05) is 6.61 Å². The van der Waals surface area contributed by atoms with Crippen LogP contribution in [0.15, 0.2) is 42.5 Å². The highest BCUT2D eigenvalue weighted by Crippen LogP contribution is 2.32. The summed E-state index contributed by atoms with van der Waals surface area (Å²) in [7, 11) is 0. The summed E-state index contributed by atoms with van der Waals surface area (Å²) in [6.45, 7) is 4.06. The zero-order valence-electron chi connectivity index (χ0n) is 11.7. The van der Waals surface area contributed by atoms with Gasteiger partial charge in [0.25, 0.3) is 0 Å². The second-order valence-electron chi connectivity index (χ2n) is 4.60. The molecule has 0 aliphatic carbocycles. The van der Waals surface area contributed by atoms with Crippen molar-refractivity contribution in [3.8, 4) is 16.9 Å². The van der Waals surface area contributed by atoms with Crippen molar-refractivity contribution in [1.29, 1.82) is 0 Å². The molecule has 0 atom stereocenters. The van der Waals surface area contributed by atoms with E-state index in [-0.39, 0.29) is 11.6 Å². The predicted octanol–water partition coefficient (Wildman–Crippen LogP) is 4.48. The Morgan fingerprint density at radius 1 is 1.15 bits per heavy atom. The van der Waals surface area contributed by atoms with Crippen LogP contribution in [0.3, 0.4) is 0 Å². The quantitative estimate of drug-likeness (QED) is 0.750. The first-order chi connectivity index (χ1) is 9.63. The van der Waals surface area contributed by atoms with Gasteiger partial charge in [0, 0.05) is 16.7 Å². The fourth-order valence-corrected chi connectivity index (χ4v) is 1.98. The van der Waals surface area contributed by atoms with Crippen molar-refractivity contribution < 1.29 is 13.9 Å². The number of benzene rings is 2. The zero-order valence-corrected chi connectivity index (χ0v) is 11.7. The van der Waals surface area contributed by atoms with Crippen molar-refractivity contribution in [2.45, 2.75) is 20.3 Å². The van der Waals surface area contributed by atoms with E-state index >= 15 is 0 Å². The molecule has 0 saturated carbocycles. The average Bonchev–Trinajstić information content (AvgIpc) is 2.46. The fraction of sp³-hybridized carbons (Fsp3) is 0.235. The van der Waals surface area contributed by atoms with Crippen LogP contribution in [0.5, 0.6) is 5.75 Å². The van der Waals surface area contributed by atoms with Crippen LogP contribution < -0.4 is 4.74 Å². The standard InChI is InChI=1S/C17H17FO2/c1-3-10-20-17-7-5-4-6-14(17)15-11-13(12(2)19)8-9-16(15)18/h4-9,11H,3,10H2,1-2H3. The molecule has 2 rings (SSSR count). The molecule has 0 N–H and O–H groups in total. The first kappa shape index (κ1) is 14.3. The molecular formula is C17H17FO2. The van der Waals surface area contributed by atoms with E-state index in [1.807, 2.05) is 25.1 Å². The van der Waals surface area contributed by atoms with E-state index in [1.54, 1.807) is 12.1 Å². The minimum atomic E-state index is -0.359. The van der Waals surface area contributed by atoms with Crippen molar-refractivity contribution >= 4 is 5.78 Å². The van der Waals surface area contributed by atoms with Crippen LogP contribution >= 0.6 is 0 Å². The number of halogens is 1. The molecule has 0 spiro atoms. The molecule has 0 aliphatic rings. The van der Waals surface area contributed by atoms with Gasteiger partial charge in [0.05, 0.1) is 6.61 Å². The molecule has 104 valence electrons. The van der Waals surface area contributed by atoms with E-state index in [1.165, 1.54) is 19.1 Å². The number of hydrogen-bond donors (Lipinski definition) is 0. The fourth-order valence-electron chi connectivity index (χ4n) is 1.98. The summed E-state index contributed by atoms with van der Waals surface area (Å²) in [5.74, 6) is 0.190. The molecule has 0 saturated heterocycles. The number of hydrogen-bond acceptors (Lipinski definition) is 2. The number of ether oxygens (including phenoxy) is 1. The van der Waals surface area contributed by atoms with Gasteiger partial charge in [0.15, 0.2) is 5.78 Å². The van der Waals surface area contributed by atoms with Crippen molar-refractivity contribution in [3.05, 3.63) is 53.8 Å². The van der Waals surface area contributed by atoms with Gasteiger partial charge in [-0.05, 0) is 37.6 Å². The molecule has 0 heterocycles. The van der Waals surface area contributed by atoms with Gasteiger partial charge in [-0.25, -0.2) is 4.39 Å². The summed E-state index contributed by atoms with van der Waals surface area (Å²) in [5, 5.41) is 0. The van der Waals surface area contributed by atoms with E-state index < -0.39 is 0 Å². The lowest BCUT2D eigenvalue weighted by Gasteiger charge is -2.12. The third kappa shape index (κ3) is 3.05. The van der Waals surface area contributed by atoms with Gasteiger partial charge >= 0.3 is 0 Å². The normalized spacial score (nSPS) is 10.3. The summed E-state index contributed by atoms with van der Waals surface area (Å²) in [6.07, 6.45) is 0.879. The summed E-state index contributed by atoms with van der Waals surface area (Å²) in [6, 6.07) is 11.7. The van der Waals surface area contributed by atoms with E-state index in [2.05, 4.69) is 0 Å². The maximum absolute atomic E-state index is 14.1. The minimum absolute atomic E-state index is 0.0850. The third-order valence-corrected chi connectivity index (χ3v) is 3.01. The monoisotopic (exact) mass is 272 g/mol. The van der Waals surface area contributed by atoms with Crippen LogP contribution in [-0.4, -0.2) is 12.4 Å². The van der Waals surface area contributed by atoms with E-state index in [9.17, 15) is 9.18 Å². The molecule has 20 heavy (non-hydrogen) atoms. The Kier molecular flexibility index (Phi) is 4.51. The van der Waals surface area contributed by atoms with Crippen LogP contribution in [0.4, 0.5) is 4.39 Å². The summed E-state index contributed by atoms with van der Waals surface area (Å²) in [4.78, 5) is 11.4. The molecule has 0 unspecified atom stereocenters. The molecule has 0 bridgehead atoms. The summed E-state index contributed by atoms with van der Waals surface area (Å²) in [5.41, 5.74) is 1.55. The van der Waals surface area contributed by atoms with Gasteiger partial charge in [-0.2, -0.15) is 0 Å². The second kappa shape index (κ2) is 6.33. The number of rotatable bonds is 5. The van der Waals surface area contributed by atoms with E-state index in [0.717, 1.165) is 6.42 Å². The first-order valence-corrected chi connectivity index (χ1v) is 6.66. The SMILES string of the molecule is CCCOc1ccccc1-c1cc(C(C)=O)ccc1F. The molecule has 2 aromatic carbocycles. The maximum Gasteiger partial charge on any atom is 0.159 e. The zero-order chi connectivity index (χ0) is 14.5. The van der Waals surface area contributed by atoms with Crippen LogP contribution in [0.1, 0.15) is 30.6 Å². The minimum Gasteiger partial charge on any atom is -0.493 e. The van der Waals surface area contributed by atoms with Gasteiger partial charge in [-0.3, -0.25) is 4.79 Å². The van der Waals surface area contributed by atoms with Gasteiger partial charge in [-0.1, -0.05) is 25.1 Å². The van der Waals surface area contributed by atoms with Crippen LogP contribution in [-0.2, 0) is 0 Å². The molecule has 0 amide bonds. The summed E-state index contributed by atoms with van der Waals surface area (Å²) >= 11 is 0. The smallest absolute Gasteiger partial charge is 0.159 e. The highest BCUT2D eigenvalue weighted by molar-refractivity contribution is 5.95. The lowest BCUT2D eigenvalue weighted by Crippen LogP contribution is -1.99.